The van der Waals surface area contributed by atoms with Crippen molar-refractivity contribution in [2.75, 3.05) is 19.6 Å². The van der Waals surface area contributed by atoms with Crippen LogP contribution in [0.4, 0.5) is 0 Å². The lowest BCUT2D eigenvalue weighted by molar-refractivity contribution is 0.189. The average molecular weight is 358 g/mol. The van der Waals surface area contributed by atoms with Crippen molar-refractivity contribution in [3.8, 4) is 0 Å². The van der Waals surface area contributed by atoms with Gasteiger partial charge in [-0.25, -0.2) is 9.98 Å². The van der Waals surface area contributed by atoms with E-state index in [1.165, 1.54) is 0 Å². The molecule has 3 rings (SSSR count). The average Bonchev–Trinajstić information content (AvgIpc) is 3.31. The second-order valence-electron chi connectivity index (χ2n) is 7.33. The van der Waals surface area contributed by atoms with Crippen LogP contribution in [0.15, 0.2) is 34.3 Å². The molecule has 2 aromatic rings. The molecule has 0 spiro atoms. The van der Waals surface area contributed by atoms with Crippen molar-refractivity contribution in [2.45, 2.75) is 52.6 Å². The topological polar surface area (TPSA) is 71.5 Å². The van der Waals surface area contributed by atoms with Crippen LogP contribution in [0, 0.1) is 5.92 Å². The molecule has 142 valence electrons. The van der Waals surface area contributed by atoms with E-state index >= 15 is 0 Å². The second kappa shape index (κ2) is 8.38. The van der Waals surface area contributed by atoms with Crippen LogP contribution in [0.1, 0.15) is 57.5 Å². The molecule has 2 atom stereocenters. The van der Waals surface area contributed by atoms with E-state index in [9.17, 15) is 0 Å². The summed E-state index contributed by atoms with van der Waals surface area (Å²) in [5, 5.41) is 7.54. The van der Waals surface area contributed by atoms with Gasteiger partial charge >= 0.3 is 0 Å². The lowest BCUT2D eigenvalue weighted by Crippen LogP contribution is -2.49. The van der Waals surface area contributed by atoms with Gasteiger partial charge in [-0.1, -0.05) is 25.9 Å². The van der Waals surface area contributed by atoms with Gasteiger partial charge in [-0.05, 0) is 25.2 Å². The molecule has 3 heterocycles. The minimum Gasteiger partial charge on any atom is -0.359 e. The van der Waals surface area contributed by atoms with Crippen LogP contribution in [-0.2, 0) is 6.54 Å². The number of likely N-dealkylation sites (tertiary alicyclic amines) is 1. The molecule has 2 aromatic heterocycles. The molecule has 1 aliphatic heterocycles. The predicted octanol–water partition coefficient (Wildman–Crippen LogP) is 3.04. The van der Waals surface area contributed by atoms with Gasteiger partial charge in [-0.2, -0.15) is 0 Å². The van der Waals surface area contributed by atoms with Crippen molar-refractivity contribution in [2.24, 2.45) is 10.9 Å². The highest BCUT2D eigenvalue weighted by Crippen LogP contribution is 2.27. The predicted molar refractivity (Wildman–Crippen MR) is 102 cm³/mol. The van der Waals surface area contributed by atoms with Crippen LogP contribution in [0.3, 0.4) is 0 Å². The van der Waals surface area contributed by atoms with Gasteiger partial charge < -0.3 is 19.3 Å². The molecule has 1 aliphatic rings. The Labute approximate surface area is 155 Å². The summed E-state index contributed by atoms with van der Waals surface area (Å²) in [6.07, 6.45) is 6.95. The summed E-state index contributed by atoms with van der Waals surface area (Å²) in [6, 6.07) is 2.41. The fraction of sp³-hybridized carbons (Fsp3) is 0.632. The molecular formula is C19H30N6O. The Morgan fingerprint density at radius 1 is 1.46 bits per heavy atom. The summed E-state index contributed by atoms with van der Waals surface area (Å²) in [5.74, 6) is 2.73. The zero-order valence-corrected chi connectivity index (χ0v) is 16.2. The number of guanidine groups is 1. The van der Waals surface area contributed by atoms with Crippen LogP contribution in [0.5, 0.6) is 0 Å². The molecule has 26 heavy (non-hydrogen) atoms. The lowest BCUT2D eigenvalue weighted by atomic mass is 9.93. The third-order valence-electron chi connectivity index (χ3n) is 5.01. The Morgan fingerprint density at radius 2 is 2.31 bits per heavy atom. The Balaban J connectivity index is 1.71. The van der Waals surface area contributed by atoms with Gasteiger partial charge in [-0.15, -0.1) is 0 Å². The first kappa shape index (κ1) is 18.5. The molecule has 0 saturated carbocycles. The molecule has 7 nitrogen and oxygen atoms in total. The fourth-order valence-electron chi connectivity index (χ4n) is 3.35. The number of hydrogen-bond donors (Lipinski definition) is 1. The number of piperidine rings is 1. The van der Waals surface area contributed by atoms with E-state index in [0.29, 0.717) is 24.4 Å². The number of nitrogens with one attached hydrogen (secondary N) is 1. The van der Waals surface area contributed by atoms with Gasteiger partial charge in [0.1, 0.15) is 6.54 Å². The van der Waals surface area contributed by atoms with E-state index in [0.717, 1.165) is 43.5 Å². The maximum atomic E-state index is 5.42. The Kier molecular flexibility index (Phi) is 5.96. The van der Waals surface area contributed by atoms with E-state index in [1.807, 2.05) is 18.6 Å². The molecule has 0 radical (unpaired) electrons. The van der Waals surface area contributed by atoms with E-state index < -0.39 is 0 Å². The van der Waals surface area contributed by atoms with E-state index in [-0.39, 0.29) is 0 Å². The Hall–Kier alpha value is -2.31. The van der Waals surface area contributed by atoms with Crippen molar-refractivity contribution in [1.82, 2.24) is 24.9 Å². The number of imidazole rings is 1. The van der Waals surface area contributed by atoms with Crippen LogP contribution in [0.25, 0.3) is 0 Å². The van der Waals surface area contributed by atoms with Gasteiger partial charge in [0.2, 0.25) is 0 Å². The lowest BCUT2D eigenvalue weighted by Gasteiger charge is -2.39. The molecule has 1 saturated heterocycles. The van der Waals surface area contributed by atoms with Gasteiger partial charge in [0.15, 0.2) is 11.7 Å². The molecule has 7 heteroatoms. The van der Waals surface area contributed by atoms with Crippen LogP contribution < -0.4 is 5.32 Å². The molecule has 0 aliphatic carbocycles. The van der Waals surface area contributed by atoms with Crippen LogP contribution >= 0.6 is 0 Å². The third-order valence-corrected chi connectivity index (χ3v) is 5.01. The summed E-state index contributed by atoms with van der Waals surface area (Å²) >= 11 is 0. The first-order chi connectivity index (χ1) is 12.6. The van der Waals surface area contributed by atoms with E-state index in [1.54, 1.807) is 0 Å². The highest BCUT2D eigenvalue weighted by Gasteiger charge is 2.28. The van der Waals surface area contributed by atoms with E-state index in [4.69, 9.17) is 9.52 Å². The molecule has 2 unspecified atom stereocenters. The molecule has 0 aromatic carbocycles. The van der Waals surface area contributed by atoms with Crippen molar-refractivity contribution >= 4 is 5.96 Å². The van der Waals surface area contributed by atoms with Crippen molar-refractivity contribution in [3.63, 3.8) is 0 Å². The molecule has 0 amide bonds. The fourth-order valence-corrected chi connectivity index (χ4v) is 3.35. The SMILES string of the molecule is CCNC(=NCc1cc(C(C)C)no1)N1CCC(C)C(n2ccnc2)C1. The zero-order valence-electron chi connectivity index (χ0n) is 16.2. The number of aliphatic imine (C=N–C) groups is 1. The largest absolute Gasteiger partial charge is 0.359 e. The third kappa shape index (κ3) is 4.26. The van der Waals surface area contributed by atoms with Crippen LogP contribution in [-0.4, -0.2) is 45.2 Å². The Morgan fingerprint density at radius 3 is 2.96 bits per heavy atom. The smallest absolute Gasteiger partial charge is 0.194 e. The van der Waals surface area contributed by atoms with Crippen molar-refractivity contribution < 1.29 is 4.52 Å². The molecule has 0 bridgehead atoms. The summed E-state index contributed by atoms with van der Waals surface area (Å²) in [7, 11) is 0. The minimum absolute atomic E-state index is 0.365. The molecule has 1 N–H and O–H groups in total. The number of rotatable bonds is 5. The summed E-state index contributed by atoms with van der Waals surface area (Å²) in [4.78, 5) is 11.3. The first-order valence-corrected chi connectivity index (χ1v) is 9.54. The summed E-state index contributed by atoms with van der Waals surface area (Å²) in [5.41, 5.74) is 0.979. The Bertz CT molecular complexity index is 705. The van der Waals surface area contributed by atoms with Crippen molar-refractivity contribution in [3.05, 3.63) is 36.2 Å². The first-order valence-electron chi connectivity index (χ1n) is 9.54. The van der Waals surface area contributed by atoms with E-state index in [2.05, 4.69) is 58.8 Å². The van der Waals surface area contributed by atoms with Crippen LogP contribution in [0.2, 0.25) is 0 Å². The van der Waals surface area contributed by atoms with Gasteiger partial charge in [-0.3, -0.25) is 0 Å². The maximum Gasteiger partial charge on any atom is 0.194 e. The minimum atomic E-state index is 0.365. The molecular weight excluding hydrogens is 328 g/mol. The summed E-state index contributed by atoms with van der Waals surface area (Å²) in [6.45, 7) is 11.9. The monoisotopic (exact) mass is 358 g/mol. The normalized spacial score (nSPS) is 21.4. The number of nitrogens with zero attached hydrogens (tertiary/aromatic N) is 5. The number of hydrogen-bond acceptors (Lipinski definition) is 4. The summed E-state index contributed by atoms with van der Waals surface area (Å²) < 4.78 is 7.64. The maximum absolute atomic E-state index is 5.42. The standard InChI is InChI=1S/C19H30N6O/c1-5-21-19(22-11-16-10-17(14(2)3)23-26-16)24-8-6-15(4)18(12-24)25-9-7-20-13-25/h7,9-10,13-15,18H,5-6,8,11-12H2,1-4H3,(H,21,22). The van der Waals surface area contributed by atoms with Crippen molar-refractivity contribution in [1.29, 1.82) is 0 Å². The highest BCUT2D eigenvalue weighted by molar-refractivity contribution is 5.80. The van der Waals surface area contributed by atoms with Gasteiger partial charge in [0, 0.05) is 38.1 Å². The number of aromatic nitrogens is 3. The highest BCUT2D eigenvalue weighted by atomic mass is 16.5. The molecule has 1 fully saturated rings. The quantitative estimate of drug-likeness (QED) is 0.657. The zero-order chi connectivity index (χ0) is 18.5. The van der Waals surface area contributed by atoms with Gasteiger partial charge in [0.25, 0.3) is 0 Å². The van der Waals surface area contributed by atoms with Gasteiger partial charge in [0.05, 0.1) is 18.1 Å². The second-order valence-corrected chi connectivity index (χ2v) is 7.33.